The van der Waals surface area contributed by atoms with Gasteiger partial charge < -0.3 is 19.7 Å². The van der Waals surface area contributed by atoms with E-state index < -0.39 is 17.0 Å². The molecule has 1 atom stereocenters. The number of anilines is 4. The average molecular weight is 476 g/mol. The predicted molar refractivity (Wildman–Crippen MR) is 123 cm³/mol. The first-order valence-electron chi connectivity index (χ1n) is 10.2. The van der Waals surface area contributed by atoms with Gasteiger partial charge in [-0.05, 0) is 47.6 Å². The Kier molecular flexibility index (Phi) is 5.79. The van der Waals surface area contributed by atoms with Gasteiger partial charge in [-0.15, -0.1) is 0 Å². The van der Waals surface area contributed by atoms with Crippen LogP contribution in [0, 0.1) is 11.6 Å². The topological polar surface area (TPSA) is 67.4 Å². The van der Waals surface area contributed by atoms with Crippen LogP contribution >= 0.6 is 11.6 Å². The summed E-state index contributed by atoms with van der Waals surface area (Å²) >= 11 is 4.60. The first-order chi connectivity index (χ1) is 15.5. The average Bonchev–Trinajstić information content (AvgIpc) is 3.17. The number of fused-ring (bicyclic) bond motifs is 1. The van der Waals surface area contributed by atoms with Gasteiger partial charge in [0.1, 0.15) is 23.1 Å². The van der Waals surface area contributed by atoms with Gasteiger partial charge in [0, 0.05) is 44.0 Å². The minimum Gasteiger partial charge on any atom is -0.611 e. The maximum absolute atomic E-state index is 13.8. The molecular weight excluding hydrogens is 456 g/mol. The van der Waals surface area contributed by atoms with Crippen LogP contribution in [-0.2, 0) is 17.6 Å². The van der Waals surface area contributed by atoms with Gasteiger partial charge in [0.25, 0.3) is 0 Å². The van der Waals surface area contributed by atoms with Gasteiger partial charge in [0.05, 0.1) is 5.02 Å². The number of benzene rings is 2. The Balaban J connectivity index is 1.38. The molecule has 0 amide bonds. The van der Waals surface area contributed by atoms with E-state index in [1.165, 1.54) is 18.2 Å². The third-order valence-electron chi connectivity index (χ3n) is 5.59. The van der Waals surface area contributed by atoms with E-state index in [0.29, 0.717) is 60.7 Å². The SMILES string of the molecule is [O-][S+]1CCc2nc(N3CCN(c4ccc(Cl)c(F)c4)CC3)nc(Nc3cccc(F)c3)c21. The maximum atomic E-state index is 13.8. The highest BCUT2D eigenvalue weighted by molar-refractivity contribution is 7.91. The van der Waals surface area contributed by atoms with E-state index in [1.54, 1.807) is 18.2 Å². The molecule has 2 aromatic carbocycles. The van der Waals surface area contributed by atoms with Crippen molar-refractivity contribution in [2.24, 2.45) is 0 Å². The Hall–Kier alpha value is -2.62. The van der Waals surface area contributed by atoms with E-state index in [2.05, 4.69) is 25.1 Å². The van der Waals surface area contributed by atoms with E-state index in [9.17, 15) is 13.3 Å². The van der Waals surface area contributed by atoms with Crippen LogP contribution in [0.2, 0.25) is 5.02 Å². The molecule has 1 unspecified atom stereocenters. The van der Waals surface area contributed by atoms with Crippen LogP contribution in [0.4, 0.5) is 31.9 Å². The first-order valence-corrected chi connectivity index (χ1v) is 11.9. The fourth-order valence-corrected chi connectivity index (χ4v) is 5.38. The second-order valence-electron chi connectivity index (χ2n) is 7.66. The molecule has 1 N–H and O–H groups in total. The molecule has 0 saturated carbocycles. The predicted octanol–water partition coefficient (Wildman–Crippen LogP) is 4.14. The zero-order chi connectivity index (χ0) is 22.2. The Morgan fingerprint density at radius 3 is 2.53 bits per heavy atom. The highest BCUT2D eigenvalue weighted by Gasteiger charge is 2.33. The van der Waals surface area contributed by atoms with Gasteiger partial charge in [-0.25, -0.2) is 13.8 Å². The Morgan fingerprint density at radius 1 is 1.00 bits per heavy atom. The summed E-state index contributed by atoms with van der Waals surface area (Å²) in [5.41, 5.74) is 2.08. The maximum Gasteiger partial charge on any atom is 0.228 e. The lowest BCUT2D eigenvalue weighted by molar-refractivity contribution is 0.598. The molecule has 5 rings (SSSR count). The number of hydrogen-bond donors (Lipinski definition) is 1. The molecule has 6 nitrogen and oxygen atoms in total. The molecule has 1 saturated heterocycles. The van der Waals surface area contributed by atoms with Crippen molar-refractivity contribution in [3.8, 4) is 0 Å². The van der Waals surface area contributed by atoms with Gasteiger partial charge in [-0.3, -0.25) is 0 Å². The van der Waals surface area contributed by atoms with Gasteiger partial charge in [0.2, 0.25) is 10.8 Å². The van der Waals surface area contributed by atoms with Crippen LogP contribution in [0.3, 0.4) is 0 Å². The number of aromatic nitrogens is 2. The van der Waals surface area contributed by atoms with Crippen molar-refractivity contribution < 1.29 is 13.3 Å². The second kappa shape index (κ2) is 8.73. The van der Waals surface area contributed by atoms with Crippen LogP contribution < -0.4 is 15.1 Å². The van der Waals surface area contributed by atoms with Crippen molar-refractivity contribution in [1.29, 1.82) is 0 Å². The summed E-state index contributed by atoms with van der Waals surface area (Å²) in [6, 6.07) is 10.9. The van der Waals surface area contributed by atoms with Gasteiger partial charge in [0.15, 0.2) is 5.82 Å². The molecule has 0 radical (unpaired) electrons. The van der Waals surface area contributed by atoms with Crippen molar-refractivity contribution in [3.05, 3.63) is 64.8 Å². The quantitative estimate of drug-likeness (QED) is 0.572. The lowest BCUT2D eigenvalue weighted by atomic mass is 10.2. The zero-order valence-electron chi connectivity index (χ0n) is 17.0. The highest BCUT2D eigenvalue weighted by Crippen LogP contribution is 2.34. The third-order valence-corrected chi connectivity index (χ3v) is 7.36. The number of rotatable bonds is 4. The Bertz CT molecular complexity index is 1160. The Labute approximate surface area is 192 Å². The molecule has 0 spiro atoms. The van der Waals surface area contributed by atoms with Crippen molar-refractivity contribution >= 4 is 45.9 Å². The molecular formula is C22H20ClF2N5OS. The third kappa shape index (κ3) is 4.20. The standard InChI is InChI=1S/C22H20ClF2N5OS/c23-17-5-4-16(13-18(17)25)29-7-9-30(10-8-29)22-27-19-6-11-32(31)20(19)21(28-22)26-15-3-1-2-14(24)12-15/h1-5,12-13H,6-11H2,(H,26,27,28). The van der Waals surface area contributed by atoms with Gasteiger partial charge >= 0.3 is 0 Å². The molecule has 0 bridgehead atoms. The molecule has 1 fully saturated rings. The highest BCUT2D eigenvalue weighted by atomic mass is 35.5. The second-order valence-corrected chi connectivity index (χ2v) is 9.57. The summed E-state index contributed by atoms with van der Waals surface area (Å²) in [7, 11) is 0. The van der Waals surface area contributed by atoms with Crippen LogP contribution in [0.5, 0.6) is 0 Å². The molecule has 1 aromatic heterocycles. The largest absolute Gasteiger partial charge is 0.611 e. The zero-order valence-corrected chi connectivity index (χ0v) is 18.6. The molecule has 32 heavy (non-hydrogen) atoms. The minimum absolute atomic E-state index is 0.106. The molecule has 2 aliphatic rings. The summed E-state index contributed by atoms with van der Waals surface area (Å²) < 4.78 is 40.0. The molecule has 166 valence electrons. The fourth-order valence-electron chi connectivity index (χ4n) is 3.96. The van der Waals surface area contributed by atoms with Crippen molar-refractivity contribution in [3.63, 3.8) is 0 Å². The number of nitrogens with one attached hydrogen (secondary N) is 1. The summed E-state index contributed by atoms with van der Waals surface area (Å²) in [5, 5.41) is 3.23. The summed E-state index contributed by atoms with van der Waals surface area (Å²) in [6.07, 6.45) is 0.610. The van der Waals surface area contributed by atoms with Crippen LogP contribution in [0.1, 0.15) is 5.69 Å². The van der Waals surface area contributed by atoms with E-state index in [-0.39, 0.29) is 10.8 Å². The van der Waals surface area contributed by atoms with E-state index in [1.807, 2.05) is 6.07 Å². The van der Waals surface area contributed by atoms with E-state index in [4.69, 9.17) is 11.6 Å². The van der Waals surface area contributed by atoms with E-state index in [0.717, 1.165) is 11.4 Å². The Morgan fingerprint density at radius 2 is 1.78 bits per heavy atom. The van der Waals surface area contributed by atoms with E-state index >= 15 is 0 Å². The molecule has 2 aliphatic heterocycles. The van der Waals surface area contributed by atoms with Crippen LogP contribution in [0.25, 0.3) is 0 Å². The summed E-state index contributed by atoms with van der Waals surface area (Å²) in [5.74, 6) is 0.699. The number of halogens is 3. The van der Waals surface area contributed by atoms with Crippen molar-refractivity contribution in [2.45, 2.75) is 11.3 Å². The summed E-state index contributed by atoms with van der Waals surface area (Å²) in [4.78, 5) is 14.1. The normalized spacial score (nSPS) is 18.1. The van der Waals surface area contributed by atoms with Crippen LogP contribution in [0.15, 0.2) is 47.4 Å². The smallest absolute Gasteiger partial charge is 0.228 e. The van der Waals surface area contributed by atoms with Crippen molar-refractivity contribution in [1.82, 2.24) is 9.97 Å². The number of nitrogens with zero attached hydrogens (tertiary/aromatic N) is 4. The van der Waals surface area contributed by atoms with Gasteiger partial charge in [-0.2, -0.15) is 4.98 Å². The fraction of sp³-hybridized carbons (Fsp3) is 0.273. The minimum atomic E-state index is -1.19. The first kappa shape index (κ1) is 21.2. The van der Waals surface area contributed by atoms with Crippen LogP contribution in [-0.4, -0.2) is 46.5 Å². The van der Waals surface area contributed by atoms with Gasteiger partial charge in [-0.1, -0.05) is 17.7 Å². The van der Waals surface area contributed by atoms with Crippen molar-refractivity contribution in [2.75, 3.05) is 47.0 Å². The summed E-state index contributed by atoms with van der Waals surface area (Å²) in [6.45, 7) is 2.62. The number of piperazine rings is 1. The number of hydrogen-bond acceptors (Lipinski definition) is 6. The lowest BCUT2D eigenvalue weighted by Gasteiger charge is -2.36. The number of aryl methyl sites for hydroxylation is 1. The molecule has 0 aliphatic carbocycles. The molecule has 10 heteroatoms. The molecule has 3 aromatic rings. The lowest BCUT2D eigenvalue weighted by Crippen LogP contribution is -2.47. The monoisotopic (exact) mass is 475 g/mol. The molecule has 3 heterocycles.